The van der Waals surface area contributed by atoms with Crippen LogP contribution in [-0.4, -0.2) is 41.1 Å². The average Bonchev–Trinajstić information content (AvgIpc) is 2.73. The van der Waals surface area contributed by atoms with E-state index in [2.05, 4.69) is 22.4 Å². The standard InChI is InChI=1S/C21H22N4O2/c1-27-18-6-2-5-17(14-18)23-21(26)25-12-9-15(10-13-25)19-8-7-16-4-3-11-22-20(16)24-19/h2-8,11,14-15H,9-10,12-13H2,1H3,(H,23,26). The number of nitrogens with zero attached hydrogens (tertiary/aromatic N) is 3. The molecule has 6 heteroatoms. The summed E-state index contributed by atoms with van der Waals surface area (Å²) in [6.45, 7) is 1.42. The number of methoxy groups -OCH3 is 1. The molecule has 4 rings (SSSR count). The fourth-order valence-electron chi connectivity index (χ4n) is 3.48. The first-order valence-electron chi connectivity index (χ1n) is 9.14. The van der Waals surface area contributed by atoms with E-state index in [1.807, 2.05) is 41.3 Å². The Morgan fingerprint density at radius 2 is 2.00 bits per heavy atom. The number of amides is 2. The van der Waals surface area contributed by atoms with Gasteiger partial charge in [0.2, 0.25) is 0 Å². The Balaban J connectivity index is 1.38. The average molecular weight is 362 g/mol. The zero-order valence-corrected chi connectivity index (χ0v) is 15.3. The maximum absolute atomic E-state index is 12.5. The second-order valence-corrected chi connectivity index (χ2v) is 6.71. The number of piperidine rings is 1. The minimum absolute atomic E-state index is 0.0742. The highest BCUT2D eigenvalue weighted by Crippen LogP contribution is 2.28. The predicted molar refractivity (Wildman–Crippen MR) is 105 cm³/mol. The van der Waals surface area contributed by atoms with Gasteiger partial charge in [-0.15, -0.1) is 0 Å². The molecule has 2 amide bonds. The van der Waals surface area contributed by atoms with Crippen LogP contribution in [0.1, 0.15) is 24.5 Å². The highest BCUT2D eigenvalue weighted by Gasteiger charge is 2.25. The minimum Gasteiger partial charge on any atom is -0.497 e. The van der Waals surface area contributed by atoms with Gasteiger partial charge in [-0.2, -0.15) is 0 Å². The Morgan fingerprint density at radius 3 is 2.81 bits per heavy atom. The maximum Gasteiger partial charge on any atom is 0.321 e. The van der Waals surface area contributed by atoms with Gasteiger partial charge in [-0.1, -0.05) is 6.07 Å². The third kappa shape index (κ3) is 3.84. The van der Waals surface area contributed by atoms with Crippen LogP contribution in [0, 0.1) is 0 Å². The molecule has 1 aliphatic heterocycles. The third-order valence-corrected chi connectivity index (χ3v) is 5.01. The summed E-state index contributed by atoms with van der Waals surface area (Å²) in [4.78, 5) is 23.4. The van der Waals surface area contributed by atoms with Crippen LogP contribution in [-0.2, 0) is 0 Å². The smallest absolute Gasteiger partial charge is 0.321 e. The first kappa shape index (κ1) is 17.3. The molecule has 0 radical (unpaired) electrons. The third-order valence-electron chi connectivity index (χ3n) is 5.01. The number of hydrogen-bond acceptors (Lipinski definition) is 4. The number of anilines is 1. The Labute approximate surface area is 158 Å². The summed E-state index contributed by atoms with van der Waals surface area (Å²) in [5.74, 6) is 1.08. The number of likely N-dealkylation sites (tertiary alicyclic amines) is 1. The number of pyridine rings is 2. The molecule has 2 aromatic heterocycles. The molecule has 6 nitrogen and oxygen atoms in total. The highest BCUT2D eigenvalue weighted by atomic mass is 16.5. The van der Waals surface area contributed by atoms with Crippen molar-refractivity contribution in [3.05, 3.63) is 60.4 Å². The number of fused-ring (bicyclic) bond motifs is 1. The van der Waals surface area contributed by atoms with Crippen molar-refractivity contribution in [3.63, 3.8) is 0 Å². The molecule has 0 aliphatic carbocycles. The van der Waals surface area contributed by atoms with Crippen LogP contribution in [0.4, 0.5) is 10.5 Å². The van der Waals surface area contributed by atoms with E-state index in [1.165, 1.54) is 0 Å². The number of benzene rings is 1. The fraction of sp³-hybridized carbons (Fsp3) is 0.286. The molecule has 1 fully saturated rings. The van der Waals surface area contributed by atoms with Crippen LogP contribution in [0.25, 0.3) is 11.0 Å². The first-order chi connectivity index (χ1) is 13.2. The number of nitrogens with one attached hydrogen (secondary N) is 1. The van der Waals surface area contributed by atoms with E-state index in [0.29, 0.717) is 19.0 Å². The molecule has 0 unspecified atom stereocenters. The van der Waals surface area contributed by atoms with Crippen molar-refractivity contribution < 1.29 is 9.53 Å². The van der Waals surface area contributed by atoms with E-state index in [0.717, 1.165) is 41.0 Å². The molecule has 1 saturated heterocycles. The van der Waals surface area contributed by atoms with E-state index in [-0.39, 0.29) is 6.03 Å². The molecule has 0 bridgehead atoms. The molecular formula is C21H22N4O2. The largest absolute Gasteiger partial charge is 0.497 e. The van der Waals surface area contributed by atoms with Crippen molar-refractivity contribution in [1.82, 2.24) is 14.9 Å². The van der Waals surface area contributed by atoms with Crippen molar-refractivity contribution in [2.24, 2.45) is 0 Å². The van der Waals surface area contributed by atoms with Gasteiger partial charge in [0, 0.05) is 48.0 Å². The van der Waals surface area contributed by atoms with Gasteiger partial charge >= 0.3 is 6.03 Å². The number of urea groups is 1. The number of aromatic nitrogens is 2. The molecule has 0 atom stereocenters. The molecule has 1 N–H and O–H groups in total. The first-order valence-corrected chi connectivity index (χ1v) is 9.14. The molecule has 138 valence electrons. The van der Waals surface area contributed by atoms with Gasteiger partial charge in [0.05, 0.1) is 7.11 Å². The van der Waals surface area contributed by atoms with Crippen molar-refractivity contribution in [3.8, 4) is 5.75 Å². The van der Waals surface area contributed by atoms with Crippen LogP contribution in [0.5, 0.6) is 5.75 Å². The summed E-state index contributed by atoms with van der Waals surface area (Å²) in [6, 6.07) is 15.4. The second-order valence-electron chi connectivity index (χ2n) is 6.71. The van der Waals surface area contributed by atoms with E-state index in [4.69, 9.17) is 9.72 Å². The zero-order valence-electron chi connectivity index (χ0n) is 15.3. The van der Waals surface area contributed by atoms with Crippen LogP contribution >= 0.6 is 0 Å². The number of carbonyl (C=O) groups is 1. The lowest BCUT2D eigenvalue weighted by atomic mass is 9.93. The Bertz CT molecular complexity index is 952. The van der Waals surface area contributed by atoms with Gasteiger partial charge < -0.3 is 15.0 Å². The van der Waals surface area contributed by atoms with Gasteiger partial charge in [0.25, 0.3) is 0 Å². The quantitative estimate of drug-likeness (QED) is 0.763. The van der Waals surface area contributed by atoms with Gasteiger partial charge in [-0.25, -0.2) is 14.8 Å². The second kappa shape index (κ2) is 7.61. The number of rotatable bonds is 3. The van der Waals surface area contributed by atoms with E-state index in [9.17, 15) is 4.79 Å². The Hall–Kier alpha value is -3.15. The van der Waals surface area contributed by atoms with Gasteiger partial charge in [0.15, 0.2) is 5.65 Å². The minimum atomic E-state index is -0.0742. The normalized spacial score (nSPS) is 14.9. The number of ether oxygens (including phenoxy) is 1. The topological polar surface area (TPSA) is 67.3 Å². The summed E-state index contributed by atoms with van der Waals surface area (Å²) in [6.07, 6.45) is 3.57. The maximum atomic E-state index is 12.5. The van der Waals surface area contributed by atoms with Crippen LogP contribution in [0.3, 0.4) is 0 Å². The lowest BCUT2D eigenvalue weighted by Crippen LogP contribution is -2.40. The number of carbonyl (C=O) groups excluding carboxylic acids is 1. The van der Waals surface area contributed by atoms with Crippen molar-refractivity contribution in [2.75, 3.05) is 25.5 Å². The highest BCUT2D eigenvalue weighted by molar-refractivity contribution is 5.89. The SMILES string of the molecule is COc1cccc(NC(=O)N2CCC(c3ccc4cccnc4n3)CC2)c1. The van der Waals surface area contributed by atoms with E-state index >= 15 is 0 Å². The number of hydrogen-bond donors (Lipinski definition) is 1. The monoisotopic (exact) mass is 362 g/mol. The molecule has 3 heterocycles. The molecule has 0 spiro atoms. The molecule has 3 aromatic rings. The zero-order chi connectivity index (χ0) is 18.6. The Kier molecular flexibility index (Phi) is 4.87. The van der Waals surface area contributed by atoms with Crippen molar-refractivity contribution in [1.29, 1.82) is 0 Å². The Morgan fingerprint density at radius 1 is 1.15 bits per heavy atom. The van der Waals surface area contributed by atoms with Crippen LogP contribution < -0.4 is 10.1 Å². The molecule has 1 aliphatic rings. The van der Waals surface area contributed by atoms with Gasteiger partial charge in [0.1, 0.15) is 5.75 Å². The van der Waals surface area contributed by atoms with Crippen molar-refractivity contribution >= 4 is 22.8 Å². The van der Waals surface area contributed by atoms with E-state index < -0.39 is 0 Å². The van der Waals surface area contributed by atoms with Gasteiger partial charge in [-0.3, -0.25) is 0 Å². The molecule has 27 heavy (non-hydrogen) atoms. The predicted octanol–water partition coefficient (Wildman–Crippen LogP) is 4.05. The summed E-state index contributed by atoms with van der Waals surface area (Å²) in [5, 5.41) is 4.00. The van der Waals surface area contributed by atoms with Crippen LogP contribution in [0.15, 0.2) is 54.7 Å². The lowest BCUT2D eigenvalue weighted by molar-refractivity contribution is 0.194. The lowest BCUT2D eigenvalue weighted by Gasteiger charge is -2.31. The summed E-state index contributed by atoms with van der Waals surface area (Å²) >= 11 is 0. The van der Waals surface area contributed by atoms with Crippen molar-refractivity contribution in [2.45, 2.75) is 18.8 Å². The molecule has 1 aromatic carbocycles. The summed E-state index contributed by atoms with van der Waals surface area (Å²) in [7, 11) is 1.61. The van der Waals surface area contributed by atoms with E-state index in [1.54, 1.807) is 13.3 Å². The van der Waals surface area contributed by atoms with Crippen LogP contribution in [0.2, 0.25) is 0 Å². The molecule has 0 saturated carbocycles. The fourth-order valence-corrected chi connectivity index (χ4v) is 3.48. The summed E-state index contributed by atoms with van der Waals surface area (Å²) in [5.41, 5.74) is 2.59. The molecular weight excluding hydrogens is 340 g/mol. The summed E-state index contributed by atoms with van der Waals surface area (Å²) < 4.78 is 5.20. The van der Waals surface area contributed by atoms with Gasteiger partial charge in [-0.05, 0) is 49.2 Å².